The second-order valence-electron chi connectivity index (χ2n) is 11.2. The number of alkyl halides is 1. The molecule has 1 aliphatic heterocycles. The molecule has 216 valence electrons. The van der Waals surface area contributed by atoms with Gasteiger partial charge in [-0.3, -0.25) is 14.2 Å². The standard InChI is InChI=1S/C29H39FN6O4/c1-18(2)35-23-13-25(31-16-22(23)28(38)34-17-24(30)29(3,4)39)36-8-5-21-11-20(15-33-27(21)36)14-32-26(37)12-19-6-9-40-10-7-19/h5,8,11,13,15-16,18-19,24,39H,6-7,9-10,12,14,17H2,1-4H3,(H,31,35)(H,32,37)(H,34,38). The number of nitrogens with zero attached hydrogens (tertiary/aromatic N) is 3. The quantitative estimate of drug-likeness (QED) is 0.285. The Kier molecular flexibility index (Phi) is 9.36. The smallest absolute Gasteiger partial charge is 0.255 e. The predicted molar refractivity (Wildman–Crippen MR) is 151 cm³/mol. The number of anilines is 1. The lowest BCUT2D eigenvalue weighted by Gasteiger charge is -2.23. The van der Waals surface area contributed by atoms with Crippen molar-refractivity contribution in [2.24, 2.45) is 5.92 Å². The molecular formula is C29H39FN6O4. The first kappa shape index (κ1) is 29.4. The van der Waals surface area contributed by atoms with Crippen molar-refractivity contribution in [1.29, 1.82) is 0 Å². The molecule has 4 heterocycles. The van der Waals surface area contributed by atoms with Crippen LogP contribution >= 0.6 is 0 Å². The molecule has 1 fully saturated rings. The van der Waals surface area contributed by atoms with Gasteiger partial charge in [0.15, 0.2) is 0 Å². The molecule has 0 aliphatic carbocycles. The summed E-state index contributed by atoms with van der Waals surface area (Å²) in [5.41, 5.74) is 0.825. The fourth-order valence-corrected chi connectivity index (χ4v) is 4.55. The maximum absolute atomic E-state index is 14.2. The average molecular weight is 555 g/mol. The highest BCUT2D eigenvalue weighted by atomic mass is 19.1. The lowest BCUT2D eigenvalue weighted by atomic mass is 9.96. The summed E-state index contributed by atoms with van der Waals surface area (Å²) in [7, 11) is 0. The fourth-order valence-electron chi connectivity index (χ4n) is 4.55. The van der Waals surface area contributed by atoms with Gasteiger partial charge in [-0.05, 0) is 64.2 Å². The van der Waals surface area contributed by atoms with Crippen LogP contribution in [0.5, 0.6) is 0 Å². The van der Waals surface area contributed by atoms with E-state index in [-0.39, 0.29) is 24.1 Å². The third-order valence-electron chi connectivity index (χ3n) is 6.92. The predicted octanol–water partition coefficient (Wildman–Crippen LogP) is 3.51. The van der Waals surface area contributed by atoms with E-state index in [4.69, 9.17) is 4.74 Å². The van der Waals surface area contributed by atoms with E-state index >= 15 is 0 Å². The van der Waals surface area contributed by atoms with Crippen molar-refractivity contribution in [3.8, 4) is 5.82 Å². The van der Waals surface area contributed by atoms with Crippen LogP contribution in [-0.4, -0.2) is 69.0 Å². The molecule has 0 saturated carbocycles. The summed E-state index contributed by atoms with van der Waals surface area (Å²) in [5, 5.41) is 19.5. The number of hydrogen-bond donors (Lipinski definition) is 4. The zero-order valence-electron chi connectivity index (χ0n) is 23.5. The molecule has 11 heteroatoms. The summed E-state index contributed by atoms with van der Waals surface area (Å²) in [6.45, 7) is 8.12. The maximum atomic E-state index is 14.2. The summed E-state index contributed by atoms with van der Waals surface area (Å²) >= 11 is 0. The minimum atomic E-state index is -1.62. The SMILES string of the molecule is CC(C)Nc1cc(-n2ccc3cc(CNC(=O)CC4CCOCC4)cnc32)ncc1C(=O)NCC(F)C(C)(C)O. The Bertz CT molecular complexity index is 1330. The number of ether oxygens (including phenoxy) is 1. The normalized spacial score (nSPS) is 15.3. The Morgan fingerprint density at radius 3 is 2.62 bits per heavy atom. The number of pyridine rings is 2. The molecule has 4 N–H and O–H groups in total. The molecule has 4 rings (SSSR count). The summed E-state index contributed by atoms with van der Waals surface area (Å²) in [6, 6.07) is 5.68. The van der Waals surface area contributed by atoms with Crippen LogP contribution in [-0.2, 0) is 16.1 Å². The van der Waals surface area contributed by atoms with Gasteiger partial charge < -0.3 is 25.8 Å². The first-order chi connectivity index (χ1) is 19.0. The number of hydrogen-bond acceptors (Lipinski definition) is 7. The molecule has 0 aromatic carbocycles. The number of aliphatic hydroxyl groups is 1. The van der Waals surface area contributed by atoms with Gasteiger partial charge >= 0.3 is 0 Å². The summed E-state index contributed by atoms with van der Waals surface area (Å²) in [6.07, 6.45) is 5.76. The summed E-state index contributed by atoms with van der Waals surface area (Å²) < 4.78 is 21.4. The minimum absolute atomic E-state index is 0.0239. The Labute approximate surface area is 233 Å². The van der Waals surface area contributed by atoms with Gasteiger partial charge in [-0.2, -0.15) is 0 Å². The van der Waals surface area contributed by atoms with Crippen molar-refractivity contribution in [2.45, 2.75) is 71.3 Å². The van der Waals surface area contributed by atoms with Gasteiger partial charge in [0.05, 0.1) is 23.4 Å². The van der Waals surface area contributed by atoms with Crippen LogP contribution in [0.15, 0.2) is 36.8 Å². The van der Waals surface area contributed by atoms with Gasteiger partial charge in [-0.25, -0.2) is 14.4 Å². The number of aromatic nitrogens is 3. The van der Waals surface area contributed by atoms with Gasteiger partial charge in [0.1, 0.15) is 17.6 Å². The van der Waals surface area contributed by atoms with Crippen molar-refractivity contribution in [3.05, 3.63) is 47.9 Å². The molecule has 0 bridgehead atoms. The molecule has 2 amide bonds. The zero-order chi connectivity index (χ0) is 28.9. The number of amides is 2. The van der Waals surface area contributed by atoms with Crippen LogP contribution in [0.4, 0.5) is 10.1 Å². The Balaban J connectivity index is 1.47. The van der Waals surface area contributed by atoms with Gasteiger partial charge in [-0.1, -0.05) is 0 Å². The molecule has 40 heavy (non-hydrogen) atoms. The largest absolute Gasteiger partial charge is 0.387 e. The molecule has 1 unspecified atom stereocenters. The molecule has 1 saturated heterocycles. The monoisotopic (exact) mass is 554 g/mol. The van der Waals surface area contributed by atoms with Gasteiger partial charge in [0.2, 0.25) is 5.91 Å². The molecule has 1 atom stereocenters. The van der Waals surface area contributed by atoms with Crippen molar-refractivity contribution in [1.82, 2.24) is 25.2 Å². The number of fused-ring (bicyclic) bond motifs is 1. The summed E-state index contributed by atoms with van der Waals surface area (Å²) in [4.78, 5) is 34.4. The highest BCUT2D eigenvalue weighted by Gasteiger charge is 2.27. The van der Waals surface area contributed by atoms with Gasteiger partial charge in [-0.15, -0.1) is 0 Å². The Morgan fingerprint density at radius 2 is 1.93 bits per heavy atom. The first-order valence-corrected chi connectivity index (χ1v) is 13.7. The van der Waals surface area contributed by atoms with Crippen LogP contribution in [0.3, 0.4) is 0 Å². The van der Waals surface area contributed by atoms with Gasteiger partial charge in [0, 0.05) is 62.3 Å². The highest BCUT2D eigenvalue weighted by molar-refractivity contribution is 5.99. The van der Waals surface area contributed by atoms with E-state index < -0.39 is 17.7 Å². The molecule has 3 aromatic heterocycles. The van der Waals surface area contributed by atoms with Crippen molar-refractivity contribution >= 4 is 28.5 Å². The first-order valence-electron chi connectivity index (χ1n) is 13.7. The molecule has 0 radical (unpaired) electrons. The zero-order valence-corrected chi connectivity index (χ0v) is 23.5. The fraction of sp³-hybridized carbons (Fsp3) is 0.517. The van der Waals surface area contributed by atoms with E-state index in [2.05, 4.69) is 25.9 Å². The average Bonchev–Trinajstić information content (AvgIpc) is 3.33. The molecular weight excluding hydrogens is 515 g/mol. The lowest BCUT2D eigenvalue weighted by Crippen LogP contribution is -2.42. The van der Waals surface area contributed by atoms with E-state index in [0.717, 1.165) is 37.0 Å². The van der Waals surface area contributed by atoms with Crippen LogP contribution in [0.25, 0.3) is 16.9 Å². The van der Waals surface area contributed by atoms with E-state index in [1.54, 1.807) is 12.3 Å². The molecule has 3 aromatic rings. The van der Waals surface area contributed by atoms with Crippen molar-refractivity contribution < 1.29 is 23.8 Å². The molecule has 1 aliphatic rings. The summed E-state index contributed by atoms with van der Waals surface area (Å²) in [5.74, 6) is 0.467. The van der Waals surface area contributed by atoms with Crippen LogP contribution < -0.4 is 16.0 Å². The number of halogens is 1. The maximum Gasteiger partial charge on any atom is 0.255 e. The number of rotatable bonds is 11. The lowest BCUT2D eigenvalue weighted by molar-refractivity contribution is -0.122. The second-order valence-corrected chi connectivity index (χ2v) is 11.2. The van der Waals surface area contributed by atoms with E-state index in [0.29, 0.717) is 36.0 Å². The highest BCUT2D eigenvalue weighted by Crippen LogP contribution is 2.24. The molecule has 0 spiro atoms. The van der Waals surface area contributed by atoms with Crippen LogP contribution in [0.2, 0.25) is 0 Å². The Hall–Kier alpha value is -3.57. The van der Waals surface area contributed by atoms with Crippen molar-refractivity contribution in [2.75, 3.05) is 25.1 Å². The van der Waals surface area contributed by atoms with Crippen LogP contribution in [0.1, 0.15) is 62.9 Å². The van der Waals surface area contributed by atoms with E-state index in [1.807, 2.05) is 36.7 Å². The van der Waals surface area contributed by atoms with Crippen molar-refractivity contribution in [3.63, 3.8) is 0 Å². The topological polar surface area (TPSA) is 130 Å². The van der Waals surface area contributed by atoms with E-state index in [1.165, 1.54) is 20.0 Å². The minimum Gasteiger partial charge on any atom is -0.387 e. The number of nitrogens with one attached hydrogen (secondary N) is 3. The third-order valence-corrected chi connectivity index (χ3v) is 6.92. The second kappa shape index (κ2) is 12.7. The number of carbonyl (C=O) groups is 2. The third kappa shape index (κ3) is 7.54. The van der Waals surface area contributed by atoms with Gasteiger partial charge in [0.25, 0.3) is 5.91 Å². The van der Waals surface area contributed by atoms with E-state index in [9.17, 15) is 19.1 Å². The van der Waals surface area contributed by atoms with Crippen LogP contribution in [0, 0.1) is 5.92 Å². The molecule has 10 nitrogen and oxygen atoms in total. The Morgan fingerprint density at radius 1 is 1.18 bits per heavy atom. The number of carbonyl (C=O) groups excluding carboxylic acids is 2.